The van der Waals surface area contributed by atoms with E-state index in [1.54, 1.807) is 25.4 Å². The molecule has 0 aliphatic rings. The quantitative estimate of drug-likeness (QED) is 0.589. The van der Waals surface area contributed by atoms with Crippen LogP contribution < -0.4 is 5.32 Å². The molecule has 0 spiro atoms. The van der Waals surface area contributed by atoms with Gasteiger partial charge in [-0.2, -0.15) is 5.10 Å². The van der Waals surface area contributed by atoms with Crippen LogP contribution in [-0.4, -0.2) is 38.4 Å². The standard InChI is InChI=1S/C17H22N4O4/c1-11(2)15(8-9-22)18-17(23)14-10-20(3)19-16(14)12-4-6-13(7-5-12)21(24)25/h4-7,10-11,15,22H,8-9H2,1-3H3,(H,18,23). The Morgan fingerprint density at radius 3 is 2.52 bits per heavy atom. The predicted octanol–water partition coefficient (Wildman–Crippen LogP) is 2.13. The zero-order chi connectivity index (χ0) is 18.6. The van der Waals surface area contributed by atoms with Gasteiger partial charge in [-0.25, -0.2) is 0 Å². The summed E-state index contributed by atoms with van der Waals surface area (Å²) in [4.78, 5) is 23.0. The molecule has 0 aliphatic heterocycles. The van der Waals surface area contributed by atoms with Gasteiger partial charge in [-0.15, -0.1) is 0 Å². The summed E-state index contributed by atoms with van der Waals surface area (Å²) in [5, 5.41) is 27.2. The fraction of sp³-hybridized carbons (Fsp3) is 0.412. The summed E-state index contributed by atoms with van der Waals surface area (Å²) in [5.41, 5.74) is 1.45. The summed E-state index contributed by atoms with van der Waals surface area (Å²) in [5.74, 6) is -0.107. The highest BCUT2D eigenvalue weighted by molar-refractivity contribution is 6.00. The fourth-order valence-corrected chi connectivity index (χ4v) is 2.57. The van der Waals surface area contributed by atoms with Crippen molar-refractivity contribution in [2.24, 2.45) is 13.0 Å². The number of hydrogen-bond donors (Lipinski definition) is 2. The van der Waals surface area contributed by atoms with Gasteiger partial charge < -0.3 is 10.4 Å². The first kappa shape index (κ1) is 18.6. The molecule has 2 N–H and O–H groups in total. The largest absolute Gasteiger partial charge is 0.396 e. The van der Waals surface area contributed by atoms with Crippen molar-refractivity contribution in [1.29, 1.82) is 0 Å². The zero-order valence-electron chi connectivity index (χ0n) is 14.5. The van der Waals surface area contributed by atoms with E-state index < -0.39 is 4.92 Å². The normalized spacial score (nSPS) is 12.2. The van der Waals surface area contributed by atoms with Gasteiger partial charge in [0.05, 0.1) is 10.5 Å². The molecule has 0 aliphatic carbocycles. The average Bonchev–Trinajstić information content (AvgIpc) is 2.96. The number of carbonyl (C=O) groups excluding carboxylic acids is 1. The number of hydrogen-bond acceptors (Lipinski definition) is 5. The topological polar surface area (TPSA) is 110 Å². The van der Waals surface area contributed by atoms with Gasteiger partial charge in [0.25, 0.3) is 11.6 Å². The number of nitro benzene ring substituents is 1. The van der Waals surface area contributed by atoms with Gasteiger partial charge in [0.15, 0.2) is 0 Å². The molecule has 134 valence electrons. The van der Waals surface area contributed by atoms with Gasteiger partial charge in [-0.3, -0.25) is 19.6 Å². The summed E-state index contributed by atoms with van der Waals surface area (Å²) >= 11 is 0. The number of carbonyl (C=O) groups is 1. The molecule has 0 fully saturated rings. The maximum absolute atomic E-state index is 12.7. The van der Waals surface area contributed by atoms with Crippen molar-refractivity contribution < 1.29 is 14.8 Å². The number of aryl methyl sites for hydroxylation is 1. The second kappa shape index (κ2) is 7.89. The number of benzene rings is 1. The SMILES string of the molecule is CC(C)C(CCO)NC(=O)c1cn(C)nc1-c1ccc([N+](=O)[O-])cc1. The number of aliphatic hydroxyl groups is 1. The molecular weight excluding hydrogens is 324 g/mol. The van der Waals surface area contributed by atoms with E-state index >= 15 is 0 Å². The molecule has 0 saturated heterocycles. The van der Waals surface area contributed by atoms with E-state index in [0.717, 1.165) is 0 Å². The van der Waals surface area contributed by atoms with Crippen LogP contribution in [0.1, 0.15) is 30.6 Å². The van der Waals surface area contributed by atoms with Crippen LogP contribution in [0.15, 0.2) is 30.5 Å². The van der Waals surface area contributed by atoms with E-state index in [-0.39, 0.29) is 30.2 Å². The Morgan fingerprint density at radius 1 is 1.36 bits per heavy atom. The van der Waals surface area contributed by atoms with Crippen LogP contribution >= 0.6 is 0 Å². The van der Waals surface area contributed by atoms with Crippen molar-refractivity contribution in [2.75, 3.05) is 6.61 Å². The Morgan fingerprint density at radius 2 is 2.00 bits per heavy atom. The van der Waals surface area contributed by atoms with Crippen molar-refractivity contribution in [3.63, 3.8) is 0 Å². The number of nitrogens with zero attached hydrogens (tertiary/aromatic N) is 3. The Bertz CT molecular complexity index is 753. The lowest BCUT2D eigenvalue weighted by Gasteiger charge is -2.21. The second-order valence-electron chi connectivity index (χ2n) is 6.21. The minimum atomic E-state index is -0.474. The van der Waals surface area contributed by atoms with Gasteiger partial charge in [0, 0.05) is 43.6 Å². The highest BCUT2D eigenvalue weighted by atomic mass is 16.6. The van der Waals surface area contributed by atoms with Crippen molar-refractivity contribution in [1.82, 2.24) is 15.1 Å². The third kappa shape index (κ3) is 4.42. The first-order valence-corrected chi connectivity index (χ1v) is 8.03. The smallest absolute Gasteiger partial charge is 0.269 e. The van der Waals surface area contributed by atoms with E-state index in [1.807, 2.05) is 13.8 Å². The summed E-state index contributed by atoms with van der Waals surface area (Å²) in [7, 11) is 1.71. The molecule has 1 unspecified atom stereocenters. The lowest BCUT2D eigenvalue weighted by Crippen LogP contribution is -2.39. The number of aromatic nitrogens is 2. The molecular formula is C17H22N4O4. The van der Waals surface area contributed by atoms with Crippen molar-refractivity contribution >= 4 is 11.6 Å². The minimum Gasteiger partial charge on any atom is -0.396 e. The van der Waals surface area contributed by atoms with E-state index in [4.69, 9.17) is 5.11 Å². The highest BCUT2D eigenvalue weighted by Crippen LogP contribution is 2.24. The molecule has 0 saturated carbocycles. The summed E-state index contributed by atoms with van der Waals surface area (Å²) in [6, 6.07) is 5.76. The Labute approximate surface area is 145 Å². The first-order valence-electron chi connectivity index (χ1n) is 8.03. The highest BCUT2D eigenvalue weighted by Gasteiger charge is 2.22. The number of amides is 1. The average molecular weight is 346 g/mol. The molecule has 8 nitrogen and oxygen atoms in total. The third-order valence-corrected chi connectivity index (χ3v) is 3.99. The number of non-ortho nitro benzene ring substituents is 1. The van der Waals surface area contributed by atoms with Crippen LogP contribution in [0.2, 0.25) is 0 Å². The number of rotatable bonds is 7. The van der Waals surface area contributed by atoms with Gasteiger partial charge in [0.1, 0.15) is 5.69 Å². The minimum absolute atomic E-state index is 0.00856. The van der Waals surface area contributed by atoms with Crippen molar-refractivity contribution in [2.45, 2.75) is 26.3 Å². The van der Waals surface area contributed by atoms with Crippen LogP contribution in [0, 0.1) is 16.0 Å². The van der Waals surface area contributed by atoms with Crippen molar-refractivity contribution in [3.8, 4) is 11.3 Å². The van der Waals surface area contributed by atoms with Crippen LogP contribution in [0.4, 0.5) is 5.69 Å². The molecule has 1 aromatic heterocycles. The molecule has 0 bridgehead atoms. The van der Waals surface area contributed by atoms with E-state index in [9.17, 15) is 14.9 Å². The zero-order valence-corrected chi connectivity index (χ0v) is 14.5. The predicted molar refractivity (Wildman–Crippen MR) is 93.1 cm³/mol. The first-order chi connectivity index (χ1) is 11.8. The van der Waals surface area contributed by atoms with E-state index in [1.165, 1.54) is 16.8 Å². The lowest BCUT2D eigenvalue weighted by atomic mass is 10.0. The molecule has 1 amide bonds. The number of nitro groups is 1. The molecule has 0 radical (unpaired) electrons. The summed E-state index contributed by atoms with van der Waals surface area (Å²) < 4.78 is 1.53. The van der Waals surface area contributed by atoms with E-state index in [0.29, 0.717) is 23.2 Å². The molecule has 2 rings (SSSR count). The molecule has 1 heterocycles. The molecule has 1 aromatic carbocycles. The molecule has 2 aromatic rings. The maximum Gasteiger partial charge on any atom is 0.269 e. The van der Waals surface area contributed by atoms with Gasteiger partial charge in [0.2, 0.25) is 0 Å². The Kier molecular flexibility index (Phi) is 5.87. The lowest BCUT2D eigenvalue weighted by molar-refractivity contribution is -0.384. The maximum atomic E-state index is 12.7. The Balaban J connectivity index is 2.30. The third-order valence-electron chi connectivity index (χ3n) is 3.99. The van der Waals surface area contributed by atoms with Crippen LogP contribution in [0.3, 0.4) is 0 Å². The van der Waals surface area contributed by atoms with Gasteiger partial charge in [-0.05, 0) is 24.5 Å². The molecule has 8 heteroatoms. The van der Waals surface area contributed by atoms with Gasteiger partial charge in [-0.1, -0.05) is 13.8 Å². The van der Waals surface area contributed by atoms with Crippen molar-refractivity contribution in [3.05, 3.63) is 46.1 Å². The fourth-order valence-electron chi connectivity index (χ4n) is 2.57. The second-order valence-corrected chi connectivity index (χ2v) is 6.21. The summed E-state index contributed by atoms with van der Waals surface area (Å²) in [6.07, 6.45) is 2.08. The Hall–Kier alpha value is -2.74. The summed E-state index contributed by atoms with van der Waals surface area (Å²) in [6.45, 7) is 3.94. The number of aliphatic hydroxyl groups excluding tert-OH is 1. The van der Waals surface area contributed by atoms with Crippen LogP contribution in [0.25, 0.3) is 11.3 Å². The van der Waals surface area contributed by atoms with E-state index in [2.05, 4.69) is 10.4 Å². The monoisotopic (exact) mass is 346 g/mol. The van der Waals surface area contributed by atoms with Crippen LogP contribution in [0.5, 0.6) is 0 Å². The molecule has 1 atom stereocenters. The van der Waals surface area contributed by atoms with Crippen LogP contribution in [-0.2, 0) is 7.05 Å². The van der Waals surface area contributed by atoms with Gasteiger partial charge >= 0.3 is 0 Å². The molecule has 25 heavy (non-hydrogen) atoms. The number of nitrogens with one attached hydrogen (secondary N) is 1.